The van der Waals surface area contributed by atoms with E-state index in [1.165, 1.54) is 0 Å². The second-order valence-electron chi connectivity index (χ2n) is 3.37. The van der Waals surface area contributed by atoms with E-state index in [2.05, 4.69) is 24.8 Å². The minimum Gasteiger partial charge on any atom is -0.348 e. The van der Waals surface area contributed by atoms with Crippen molar-refractivity contribution in [2.24, 2.45) is 0 Å². The Morgan fingerprint density at radius 3 is 3.13 bits per heavy atom. The Balaban J connectivity index is 1.56. The number of aromatic nitrogens is 4. The lowest BCUT2D eigenvalue weighted by atomic mass is 10.4. The first-order valence-corrected chi connectivity index (χ1v) is 5.10. The van der Waals surface area contributed by atoms with Crippen LogP contribution in [0.5, 0.6) is 0 Å². The van der Waals surface area contributed by atoms with Crippen molar-refractivity contribution in [3.8, 4) is 0 Å². The first-order valence-electron chi connectivity index (χ1n) is 5.10. The summed E-state index contributed by atoms with van der Waals surface area (Å²) in [7, 11) is 0. The van der Waals surface area contributed by atoms with Crippen LogP contribution in [0.3, 0.4) is 0 Å². The predicted octanol–water partition coefficient (Wildman–Crippen LogP) is 0.786. The van der Waals surface area contributed by atoms with E-state index in [1.807, 2.05) is 18.7 Å². The molecule has 0 aromatic carbocycles. The Bertz CT molecular complexity index is 315. The van der Waals surface area contributed by atoms with Gasteiger partial charge in [-0.15, -0.1) is 0 Å². The van der Waals surface area contributed by atoms with Gasteiger partial charge in [0.15, 0.2) is 0 Å². The number of nitrogens with one attached hydrogen (secondary N) is 2. The summed E-state index contributed by atoms with van der Waals surface area (Å²) >= 11 is 0. The zero-order valence-corrected chi connectivity index (χ0v) is 8.56. The zero-order chi connectivity index (χ0) is 10.3. The highest BCUT2D eigenvalue weighted by molar-refractivity contribution is 4.85. The van der Waals surface area contributed by atoms with Crippen molar-refractivity contribution in [1.82, 2.24) is 24.8 Å². The maximum atomic E-state index is 4.13. The summed E-state index contributed by atoms with van der Waals surface area (Å²) < 4.78 is 2.08. The Morgan fingerprint density at radius 1 is 1.40 bits per heavy atom. The summed E-state index contributed by atoms with van der Waals surface area (Å²) in [5.41, 5.74) is 0. The van der Waals surface area contributed by atoms with E-state index in [4.69, 9.17) is 0 Å². The normalized spacial score (nSPS) is 10.7. The van der Waals surface area contributed by atoms with Gasteiger partial charge in [-0.05, 0) is 13.0 Å². The van der Waals surface area contributed by atoms with Crippen molar-refractivity contribution in [2.75, 3.05) is 6.54 Å². The molecule has 80 valence electrons. The van der Waals surface area contributed by atoms with Crippen LogP contribution in [0.2, 0.25) is 0 Å². The van der Waals surface area contributed by atoms with Gasteiger partial charge in [0.2, 0.25) is 0 Å². The molecule has 0 amide bonds. The van der Waals surface area contributed by atoms with E-state index < -0.39 is 0 Å². The van der Waals surface area contributed by atoms with Crippen LogP contribution < -0.4 is 5.32 Å². The summed E-state index contributed by atoms with van der Waals surface area (Å²) in [5, 5.41) is 3.32. The first kappa shape index (κ1) is 9.92. The summed E-state index contributed by atoms with van der Waals surface area (Å²) in [6, 6.07) is 0. The maximum absolute atomic E-state index is 4.13. The van der Waals surface area contributed by atoms with Crippen LogP contribution in [0.4, 0.5) is 0 Å². The summed E-state index contributed by atoms with van der Waals surface area (Å²) in [6.45, 7) is 2.79. The highest BCUT2D eigenvalue weighted by Crippen LogP contribution is 1.90. The molecule has 2 N–H and O–H groups in total. The molecule has 0 saturated heterocycles. The van der Waals surface area contributed by atoms with Gasteiger partial charge in [0.05, 0.1) is 12.9 Å². The summed E-state index contributed by atoms with van der Waals surface area (Å²) in [4.78, 5) is 11.2. The molecular weight excluding hydrogens is 190 g/mol. The van der Waals surface area contributed by atoms with Crippen LogP contribution in [0.25, 0.3) is 0 Å². The quantitative estimate of drug-likeness (QED) is 0.685. The van der Waals surface area contributed by atoms with Crippen LogP contribution in [0, 0.1) is 0 Å². The third kappa shape index (κ3) is 3.21. The monoisotopic (exact) mass is 205 g/mol. The number of hydrogen-bond donors (Lipinski definition) is 2. The molecule has 0 unspecified atom stereocenters. The van der Waals surface area contributed by atoms with Crippen LogP contribution in [0.1, 0.15) is 12.2 Å². The van der Waals surface area contributed by atoms with E-state index in [0.29, 0.717) is 0 Å². The van der Waals surface area contributed by atoms with Gasteiger partial charge in [0, 0.05) is 31.3 Å². The van der Waals surface area contributed by atoms with Gasteiger partial charge in [0.1, 0.15) is 5.82 Å². The minimum absolute atomic E-state index is 0.803. The fourth-order valence-corrected chi connectivity index (χ4v) is 1.41. The van der Waals surface area contributed by atoms with Gasteiger partial charge in [-0.25, -0.2) is 9.97 Å². The lowest BCUT2D eigenvalue weighted by molar-refractivity contribution is 0.573. The smallest absolute Gasteiger partial charge is 0.120 e. The zero-order valence-electron chi connectivity index (χ0n) is 8.56. The lowest BCUT2D eigenvalue weighted by Gasteiger charge is -2.03. The Morgan fingerprint density at radius 2 is 2.40 bits per heavy atom. The Labute approximate surface area is 88.6 Å². The van der Waals surface area contributed by atoms with Crippen molar-refractivity contribution in [1.29, 1.82) is 0 Å². The van der Waals surface area contributed by atoms with Crippen LogP contribution >= 0.6 is 0 Å². The number of aryl methyl sites for hydroxylation is 1. The standard InChI is InChI=1S/C10H15N5/c1(6-15-7-5-12-9-15)2-11-8-10-13-3-4-14-10/h3-5,7,9,11H,1-2,6,8H2,(H,13,14). The molecule has 0 aliphatic rings. The largest absolute Gasteiger partial charge is 0.348 e. The van der Waals surface area contributed by atoms with E-state index in [1.54, 1.807) is 12.4 Å². The molecule has 0 bridgehead atoms. The van der Waals surface area contributed by atoms with Crippen molar-refractivity contribution in [3.63, 3.8) is 0 Å². The fourth-order valence-electron chi connectivity index (χ4n) is 1.41. The van der Waals surface area contributed by atoms with Crippen molar-refractivity contribution < 1.29 is 0 Å². The van der Waals surface area contributed by atoms with Gasteiger partial charge in [-0.1, -0.05) is 0 Å². The molecule has 0 atom stereocenters. The van der Waals surface area contributed by atoms with Gasteiger partial charge in [-0.2, -0.15) is 0 Å². The number of aromatic amines is 1. The van der Waals surface area contributed by atoms with Gasteiger partial charge >= 0.3 is 0 Å². The fraction of sp³-hybridized carbons (Fsp3) is 0.400. The molecule has 5 nitrogen and oxygen atoms in total. The SMILES string of the molecule is c1cn(CCCNCc2ncc[nH]2)cn1. The summed E-state index contributed by atoms with van der Waals surface area (Å²) in [6.07, 6.45) is 10.3. The number of imidazole rings is 2. The second-order valence-corrected chi connectivity index (χ2v) is 3.37. The minimum atomic E-state index is 0.803. The molecular formula is C10H15N5. The van der Waals surface area contributed by atoms with E-state index in [-0.39, 0.29) is 0 Å². The third-order valence-corrected chi connectivity index (χ3v) is 2.18. The van der Waals surface area contributed by atoms with Gasteiger partial charge < -0.3 is 14.9 Å². The number of nitrogens with zero attached hydrogens (tertiary/aromatic N) is 3. The average Bonchev–Trinajstić information content (AvgIpc) is 2.88. The first-order chi connectivity index (χ1) is 7.45. The molecule has 2 aromatic heterocycles. The third-order valence-electron chi connectivity index (χ3n) is 2.18. The van der Waals surface area contributed by atoms with Crippen molar-refractivity contribution in [3.05, 3.63) is 36.9 Å². The molecule has 0 radical (unpaired) electrons. The molecule has 2 aromatic rings. The predicted molar refractivity (Wildman–Crippen MR) is 57.1 cm³/mol. The lowest BCUT2D eigenvalue weighted by Crippen LogP contribution is -2.17. The van der Waals surface area contributed by atoms with Crippen LogP contribution in [0.15, 0.2) is 31.1 Å². The Hall–Kier alpha value is -1.62. The second kappa shape index (κ2) is 5.31. The molecule has 0 saturated carbocycles. The number of rotatable bonds is 6. The van der Waals surface area contributed by atoms with E-state index in [0.717, 1.165) is 31.9 Å². The maximum Gasteiger partial charge on any atom is 0.120 e. The molecule has 2 heterocycles. The van der Waals surface area contributed by atoms with Crippen molar-refractivity contribution in [2.45, 2.75) is 19.5 Å². The molecule has 0 spiro atoms. The number of H-pyrrole nitrogens is 1. The molecule has 0 fully saturated rings. The topological polar surface area (TPSA) is 58.5 Å². The van der Waals surface area contributed by atoms with Gasteiger partial charge in [-0.3, -0.25) is 0 Å². The average molecular weight is 205 g/mol. The number of hydrogen-bond acceptors (Lipinski definition) is 3. The van der Waals surface area contributed by atoms with Crippen LogP contribution in [-0.4, -0.2) is 26.1 Å². The highest BCUT2D eigenvalue weighted by Gasteiger charge is 1.93. The molecule has 2 rings (SSSR count). The van der Waals surface area contributed by atoms with Crippen molar-refractivity contribution >= 4 is 0 Å². The Kier molecular flexibility index (Phi) is 3.51. The molecule has 15 heavy (non-hydrogen) atoms. The van der Waals surface area contributed by atoms with Gasteiger partial charge in [0.25, 0.3) is 0 Å². The highest BCUT2D eigenvalue weighted by atomic mass is 15.0. The summed E-state index contributed by atoms with van der Waals surface area (Å²) in [5.74, 6) is 0.984. The molecule has 5 heteroatoms. The van der Waals surface area contributed by atoms with Crippen LogP contribution in [-0.2, 0) is 13.1 Å². The molecule has 0 aliphatic heterocycles. The van der Waals surface area contributed by atoms with E-state index in [9.17, 15) is 0 Å². The molecule has 0 aliphatic carbocycles. The van der Waals surface area contributed by atoms with E-state index >= 15 is 0 Å².